The van der Waals surface area contributed by atoms with Crippen molar-refractivity contribution in [1.29, 1.82) is 0 Å². The van der Waals surface area contributed by atoms with Crippen molar-refractivity contribution in [3.63, 3.8) is 0 Å². The summed E-state index contributed by atoms with van der Waals surface area (Å²) in [5.41, 5.74) is 0.623. The summed E-state index contributed by atoms with van der Waals surface area (Å²) in [5.74, 6) is 0.0663. The highest BCUT2D eigenvalue weighted by molar-refractivity contribution is 8.21. The van der Waals surface area contributed by atoms with Gasteiger partial charge in [-0.25, -0.2) is 0 Å². The minimum Gasteiger partial charge on any atom is -0.424 e. The molecule has 0 unspecified atom stereocenters. The molecule has 0 saturated heterocycles. The molecule has 1 aromatic carbocycles. The van der Waals surface area contributed by atoms with Gasteiger partial charge in [-0.2, -0.15) is 0 Å². The summed E-state index contributed by atoms with van der Waals surface area (Å²) in [5, 5.41) is 1.04. The summed E-state index contributed by atoms with van der Waals surface area (Å²) in [4.78, 5) is 11.2. The highest BCUT2D eigenvalue weighted by Crippen LogP contribution is 2.37. The molecule has 1 rings (SSSR count). The molecule has 0 spiro atoms. The zero-order chi connectivity index (χ0) is 13.7. The van der Waals surface area contributed by atoms with Crippen molar-refractivity contribution in [2.24, 2.45) is 0 Å². The lowest BCUT2D eigenvalue weighted by atomic mass is 10.2. The van der Waals surface area contributed by atoms with Gasteiger partial charge in [0.1, 0.15) is 0 Å². The van der Waals surface area contributed by atoms with Crippen molar-refractivity contribution in [3.05, 3.63) is 38.0 Å². The number of carbonyl (C=O) groups excluding carboxylic acids is 1. The molecule has 6 heteroatoms. The largest absolute Gasteiger partial charge is 0.424 e. The van der Waals surface area contributed by atoms with E-state index in [1.54, 1.807) is 18.2 Å². The van der Waals surface area contributed by atoms with Crippen LogP contribution in [0.15, 0.2) is 22.4 Å². The van der Waals surface area contributed by atoms with E-state index >= 15 is 0 Å². The van der Waals surface area contributed by atoms with Crippen molar-refractivity contribution in [3.8, 4) is 0 Å². The normalized spacial score (nSPS) is 10.1. The Morgan fingerprint density at radius 3 is 2.33 bits per heavy atom. The number of halogens is 2. The Morgan fingerprint density at radius 1 is 1.22 bits per heavy atom. The van der Waals surface area contributed by atoms with Gasteiger partial charge in [-0.1, -0.05) is 23.2 Å². The van der Waals surface area contributed by atoms with Gasteiger partial charge >= 0.3 is 5.97 Å². The molecule has 0 aromatic heterocycles. The van der Waals surface area contributed by atoms with E-state index in [4.69, 9.17) is 27.9 Å². The smallest absolute Gasteiger partial charge is 0.308 e. The lowest BCUT2D eigenvalue weighted by Gasteiger charge is -2.13. The van der Waals surface area contributed by atoms with Crippen LogP contribution >= 0.6 is 46.7 Å². The van der Waals surface area contributed by atoms with Crippen LogP contribution in [0.2, 0.25) is 10.0 Å². The third-order valence-electron chi connectivity index (χ3n) is 1.98. The lowest BCUT2D eigenvalue weighted by Crippen LogP contribution is -2.01. The van der Waals surface area contributed by atoms with E-state index in [1.807, 2.05) is 12.5 Å². The first-order valence-corrected chi connectivity index (χ1v) is 8.16. The van der Waals surface area contributed by atoms with Crippen LogP contribution in [0.4, 0.5) is 0 Å². The van der Waals surface area contributed by atoms with Gasteiger partial charge in [0.15, 0.2) is 5.76 Å². The quantitative estimate of drug-likeness (QED) is 0.581. The van der Waals surface area contributed by atoms with E-state index in [0.29, 0.717) is 21.4 Å². The monoisotopic (exact) mass is 322 g/mol. The second-order valence-electron chi connectivity index (χ2n) is 3.24. The van der Waals surface area contributed by atoms with E-state index in [0.717, 1.165) is 4.24 Å². The van der Waals surface area contributed by atoms with Gasteiger partial charge < -0.3 is 4.74 Å². The molecule has 0 radical (unpaired) electrons. The Labute approximate surface area is 125 Å². The standard InChI is InChI=1S/C12H12Cl2O2S2/c1-7(15)16-11(12(17-2)18-3)9-6-8(13)4-5-10(9)14/h4-6H,1-3H3. The maximum Gasteiger partial charge on any atom is 0.308 e. The molecule has 0 heterocycles. The fraction of sp³-hybridized carbons (Fsp3) is 0.250. The summed E-state index contributed by atoms with van der Waals surface area (Å²) >= 11 is 15.1. The third-order valence-corrected chi connectivity index (χ3v) is 4.65. The molecule has 2 nitrogen and oxygen atoms in total. The molecule has 98 valence electrons. The second kappa shape index (κ2) is 7.34. The fourth-order valence-electron chi connectivity index (χ4n) is 1.29. The minimum atomic E-state index is -0.387. The Kier molecular flexibility index (Phi) is 6.43. The molecule has 0 bridgehead atoms. The molecular formula is C12H12Cl2O2S2. The van der Waals surface area contributed by atoms with Gasteiger partial charge in [-0.05, 0) is 30.7 Å². The van der Waals surface area contributed by atoms with Crippen molar-refractivity contribution in [2.45, 2.75) is 6.92 Å². The molecule has 0 saturated carbocycles. The maximum absolute atomic E-state index is 11.2. The Morgan fingerprint density at radius 2 is 1.83 bits per heavy atom. The van der Waals surface area contributed by atoms with Crippen molar-refractivity contribution in [2.75, 3.05) is 12.5 Å². The van der Waals surface area contributed by atoms with Crippen LogP contribution in [0, 0.1) is 0 Å². The van der Waals surface area contributed by atoms with E-state index in [2.05, 4.69) is 0 Å². The van der Waals surface area contributed by atoms with Crippen LogP contribution in [0.25, 0.3) is 5.76 Å². The van der Waals surface area contributed by atoms with Crippen molar-refractivity contribution >= 4 is 58.5 Å². The van der Waals surface area contributed by atoms with Gasteiger partial charge in [-0.15, -0.1) is 23.5 Å². The van der Waals surface area contributed by atoms with E-state index in [9.17, 15) is 4.79 Å². The Hall–Kier alpha value is -0.290. The number of esters is 1. The first-order chi connectivity index (χ1) is 8.49. The zero-order valence-corrected chi connectivity index (χ0v) is 13.3. The summed E-state index contributed by atoms with van der Waals surface area (Å²) in [6.45, 7) is 1.36. The van der Waals surface area contributed by atoms with Crippen LogP contribution in [-0.2, 0) is 9.53 Å². The van der Waals surface area contributed by atoms with Crippen molar-refractivity contribution < 1.29 is 9.53 Å². The molecule has 18 heavy (non-hydrogen) atoms. The molecule has 0 amide bonds. The first kappa shape index (κ1) is 15.8. The van der Waals surface area contributed by atoms with Crippen LogP contribution in [-0.4, -0.2) is 18.5 Å². The van der Waals surface area contributed by atoms with Gasteiger partial charge in [0, 0.05) is 17.5 Å². The molecule has 0 aliphatic carbocycles. The number of hydrogen-bond acceptors (Lipinski definition) is 4. The lowest BCUT2D eigenvalue weighted by molar-refractivity contribution is -0.134. The van der Waals surface area contributed by atoms with Crippen LogP contribution < -0.4 is 0 Å². The molecule has 0 N–H and O–H groups in total. The van der Waals surface area contributed by atoms with Gasteiger partial charge in [0.05, 0.1) is 9.26 Å². The predicted molar refractivity (Wildman–Crippen MR) is 82.2 cm³/mol. The topological polar surface area (TPSA) is 26.3 Å². The van der Waals surface area contributed by atoms with Crippen molar-refractivity contribution in [1.82, 2.24) is 0 Å². The molecule has 0 atom stereocenters. The Bertz CT molecular complexity index is 481. The van der Waals surface area contributed by atoms with E-state index in [-0.39, 0.29) is 5.97 Å². The van der Waals surface area contributed by atoms with Gasteiger partial charge in [-0.3, -0.25) is 4.79 Å². The first-order valence-electron chi connectivity index (χ1n) is 4.95. The molecule has 0 fully saturated rings. The number of hydrogen-bond donors (Lipinski definition) is 0. The predicted octanol–water partition coefficient (Wildman–Crippen LogP) is 4.91. The molecular weight excluding hydrogens is 311 g/mol. The number of carbonyl (C=O) groups is 1. The third kappa shape index (κ3) is 4.12. The van der Waals surface area contributed by atoms with Gasteiger partial charge in [0.2, 0.25) is 0 Å². The molecule has 0 aliphatic rings. The molecule has 0 aliphatic heterocycles. The van der Waals surface area contributed by atoms with Gasteiger partial charge in [0.25, 0.3) is 0 Å². The van der Waals surface area contributed by atoms with E-state index in [1.165, 1.54) is 30.4 Å². The number of thioether (sulfide) groups is 2. The Balaban J connectivity index is 3.38. The highest BCUT2D eigenvalue weighted by atomic mass is 35.5. The maximum atomic E-state index is 11.2. The number of rotatable bonds is 4. The van der Waals surface area contributed by atoms with Crippen LogP contribution in [0.1, 0.15) is 12.5 Å². The number of benzene rings is 1. The summed E-state index contributed by atoms with van der Waals surface area (Å²) in [6, 6.07) is 5.06. The van der Waals surface area contributed by atoms with Crippen LogP contribution in [0.5, 0.6) is 0 Å². The fourth-order valence-corrected chi connectivity index (χ4v) is 3.01. The average molecular weight is 323 g/mol. The minimum absolute atomic E-state index is 0.387. The SMILES string of the molecule is CSC(SC)=C(OC(C)=O)c1cc(Cl)ccc1Cl. The van der Waals surface area contributed by atoms with Crippen LogP contribution in [0.3, 0.4) is 0 Å². The second-order valence-corrected chi connectivity index (χ2v) is 5.98. The van der Waals surface area contributed by atoms with E-state index < -0.39 is 0 Å². The molecule has 1 aromatic rings. The zero-order valence-electron chi connectivity index (χ0n) is 10.1. The summed E-state index contributed by atoms with van der Waals surface area (Å²) < 4.78 is 6.14. The average Bonchev–Trinajstić information content (AvgIpc) is 2.32. The summed E-state index contributed by atoms with van der Waals surface area (Å²) in [6.07, 6.45) is 3.82. The number of ether oxygens (including phenoxy) is 1. The summed E-state index contributed by atoms with van der Waals surface area (Å²) in [7, 11) is 0. The highest BCUT2D eigenvalue weighted by Gasteiger charge is 2.16.